The summed E-state index contributed by atoms with van der Waals surface area (Å²) in [5.74, 6) is 2.09. The van der Waals surface area contributed by atoms with E-state index in [-0.39, 0.29) is 0 Å². The SMILES string of the molecule is CCCN1CCC[C@@H]2c3ccccc3SC[C@H]21. The Hall–Kier alpha value is -0.470. The molecular formula is C15H21NS. The smallest absolute Gasteiger partial charge is 0.0258 e. The van der Waals surface area contributed by atoms with Gasteiger partial charge in [-0.15, -0.1) is 11.8 Å². The average Bonchev–Trinajstić information content (AvgIpc) is 2.39. The first-order chi connectivity index (χ1) is 8.40. The fourth-order valence-corrected chi connectivity index (χ4v) is 4.72. The molecule has 0 N–H and O–H groups in total. The van der Waals surface area contributed by atoms with Crippen LogP contribution in [0.4, 0.5) is 0 Å². The second-order valence-corrected chi connectivity index (χ2v) is 6.26. The standard InChI is InChI=1S/C15H21NS/c1-2-9-16-10-5-7-12-13-6-3-4-8-15(13)17-11-14(12)16/h3-4,6,8,12,14H,2,5,7,9-11H2,1H3/t12-,14-/m1/s1. The molecule has 2 aliphatic heterocycles. The zero-order valence-electron chi connectivity index (χ0n) is 10.6. The van der Waals surface area contributed by atoms with Crippen LogP contribution in [0.1, 0.15) is 37.7 Å². The molecule has 2 aliphatic rings. The molecule has 0 radical (unpaired) electrons. The first kappa shape index (κ1) is 11.6. The van der Waals surface area contributed by atoms with Crippen LogP contribution in [0.3, 0.4) is 0 Å². The summed E-state index contributed by atoms with van der Waals surface area (Å²) in [6.45, 7) is 4.90. The second-order valence-electron chi connectivity index (χ2n) is 5.20. The predicted octanol–water partition coefficient (Wildman–Crippen LogP) is 3.75. The minimum Gasteiger partial charge on any atom is -0.299 e. The Morgan fingerprint density at radius 3 is 3.12 bits per heavy atom. The van der Waals surface area contributed by atoms with Gasteiger partial charge in [0.1, 0.15) is 0 Å². The number of nitrogens with zero attached hydrogens (tertiary/aromatic N) is 1. The van der Waals surface area contributed by atoms with Crippen molar-refractivity contribution in [2.75, 3.05) is 18.8 Å². The summed E-state index contributed by atoms with van der Waals surface area (Å²) >= 11 is 2.06. The quantitative estimate of drug-likeness (QED) is 0.783. The van der Waals surface area contributed by atoms with E-state index in [9.17, 15) is 0 Å². The van der Waals surface area contributed by atoms with Crippen molar-refractivity contribution in [2.45, 2.75) is 43.0 Å². The van der Waals surface area contributed by atoms with Crippen molar-refractivity contribution in [3.63, 3.8) is 0 Å². The number of likely N-dealkylation sites (tertiary alicyclic amines) is 1. The number of thioether (sulfide) groups is 1. The minimum absolute atomic E-state index is 0.795. The van der Waals surface area contributed by atoms with E-state index in [4.69, 9.17) is 0 Å². The third-order valence-electron chi connectivity index (χ3n) is 4.13. The first-order valence-electron chi connectivity index (χ1n) is 6.86. The molecule has 3 rings (SSSR count). The van der Waals surface area contributed by atoms with E-state index in [2.05, 4.69) is 47.9 Å². The Morgan fingerprint density at radius 2 is 2.24 bits per heavy atom. The van der Waals surface area contributed by atoms with E-state index in [1.807, 2.05) is 0 Å². The molecule has 2 heteroatoms. The van der Waals surface area contributed by atoms with E-state index >= 15 is 0 Å². The molecule has 0 bridgehead atoms. The molecule has 1 nitrogen and oxygen atoms in total. The third kappa shape index (κ3) is 2.13. The molecule has 2 atom stereocenters. The van der Waals surface area contributed by atoms with Gasteiger partial charge in [-0.1, -0.05) is 25.1 Å². The van der Waals surface area contributed by atoms with Gasteiger partial charge in [-0.2, -0.15) is 0 Å². The van der Waals surface area contributed by atoms with Gasteiger partial charge in [-0.05, 0) is 44.0 Å². The van der Waals surface area contributed by atoms with Crippen LogP contribution < -0.4 is 0 Å². The Morgan fingerprint density at radius 1 is 1.35 bits per heavy atom. The van der Waals surface area contributed by atoms with E-state index in [0.29, 0.717) is 0 Å². The molecule has 1 fully saturated rings. The van der Waals surface area contributed by atoms with Crippen molar-refractivity contribution in [3.8, 4) is 0 Å². The highest BCUT2D eigenvalue weighted by Crippen LogP contribution is 2.43. The van der Waals surface area contributed by atoms with Gasteiger partial charge in [-0.3, -0.25) is 4.90 Å². The summed E-state index contributed by atoms with van der Waals surface area (Å²) in [5.41, 5.74) is 1.62. The van der Waals surface area contributed by atoms with Crippen molar-refractivity contribution >= 4 is 11.8 Å². The summed E-state index contributed by atoms with van der Waals surface area (Å²) in [6.07, 6.45) is 4.05. The highest BCUT2D eigenvalue weighted by molar-refractivity contribution is 7.99. The maximum atomic E-state index is 2.73. The second kappa shape index (κ2) is 5.03. The molecule has 92 valence electrons. The lowest BCUT2D eigenvalue weighted by Crippen LogP contribution is -2.47. The monoisotopic (exact) mass is 247 g/mol. The summed E-state index contributed by atoms with van der Waals surface area (Å²) in [7, 11) is 0. The van der Waals surface area contributed by atoms with Crippen LogP contribution >= 0.6 is 11.8 Å². The van der Waals surface area contributed by atoms with Crippen LogP contribution in [0.15, 0.2) is 29.2 Å². The Labute approximate surface area is 109 Å². The summed E-state index contributed by atoms with van der Waals surface area (Å²) < 4.78 is 0. The highest BCUT2D eigenvalue weighted by Gasteiger charge is 2.35. The molecule has 0 amide bonds. The molecule has 0 saturated carbocycles. The van der Waals surface area contributed by atoms with Crippen LogP contribution in [0, 0.1) is 0 Å². The number of hydrogen-bond acceptors (Lipinski definition) is 2. The van der Waals surface area contributed by atoms with Gasteiger partial charge in [-0.25, -0.2) is 0 Å². The lowest BCUT2D eigenvalue weighted by Gasteiger charge is -2.44. The van der Waals surface area contributed by atoms with E-state index in [1.54, 1.807) is 5.56 Å². The Kier molecular flexibility index (Phi) is 3.44. The van der Waals surface area contributed by atoms with Gasteiger partial charge in [0.15, 0.2) is 0 Å². The van der Waals surface area contributed by atoms with Crippen LogP contribution in [-0.2, 0) is 0 Å². The minimum atomic E-state index is 0.795. The fourth-order valence-electron chi connectivity index (χ4n) is 3.37. The number of benzene rings is 1. The third-order valence-corrected chi connectivity index (χ3v) is 5.32. The van der Waals surface area contributed by atoms with Crippen molar-refractivity contribution in [3.05, 3.63) is 29.8 Å². The highest BCUT2D eigenvalue weighted by atomic mass is 32.2. The van der Waals surface area contributed by atoms with Crippen LogP contribution in [0.2, 0.25) is 0 Å². The molecule has 1 aromatic carbocycles. The van der Waals surface area contributed by atoms with E-state index < -0.39 is 0 Å². The number of fused-ring (bicyclic) bond motifs is 3. The largest absolute Gasteiger partial charge is 0.299 e. The summed E-state index contributed by atoms with van der Waals surface area (Å²) in [5, 5.41) is 0. The van der Waals surface area contributed by atoms with E-state index in [1.165, 1.54) is 43.0 Å². The molecule has 1 saturated heterocycles. The number of rotatable bonds is 2. The fraction of sp³-hybridized carbons (Fsp3) is 0.600. The number of piperidine rings is 1. The van der Waals surface area contributed by atoms with Gasteiger partial charge >= 0.3 is 0 Å². The van der Waals surface area contributed by atoms with Crippen molar-refractivity contribution < 1.29 is 0 Å². The molecule has 2 heterocycles. The molecule has 0 aromatic heterocycles. The zero-order chi connectivity index (χ0) is 11.7. The van der Waals surface area contributed by atoms with Crippen molar-refractivity contribution in [1.29, 1.82) is 0 Å². The molecular weight excluding hydrogens is 226 g/mol. The van der Waals surface area contributed by atoms with Crippen LogP contribution in [-0.4, -0.2) is 29.8 Å². The molecule has 0 spiro atoms. The molecule has 1 aromatic rings. The lowest BCUT2D eigenvalue weighted by molar-refractivity contribution is 0.139. The summed E-state index contributed by atoms with van der Waals surface area (Å²) in [6, 6.07) is 9.84. The average molecular weight is 247 g/mol. The van der Waals surface area contributed by atoms with Gasteiger partial charge in [0, 0.05) is 22.6 Å². The molecule has 17 heavy (non-hydrogen) atoms. The zero-order valence-corrected chi connectivity index (χ0v) is 11.4. The van der Waals surface area contributed by atoms with Crippen LogP contribution in [0.25, 0.3) is 0 Å². The van der Waals surface area contributed by atoms with Gasteiger partial charge in [0.05, 0.1) is 0 Å². The maximum Gasteiger partial charge on any atom is 0.0258 e. The first-order valence-corrected chi connectivity index (χ1v) is 7.84. The predicted molar refractivity (Wildman–Crippen MR) is 74.8 cm³/mol. The van der Waals surface area contributed by atoms with Crippen molar-refractivity contribution in [1.82, 2.24) is 4.90 Å². The van der Waals surface area contributed by atoms with Gasteiger partial charge < -0.3 is 0 Å². The lowest BCUT2D eigenvalue weighted by atomic mass is 9.83. The maximum absolute atomic E-state index is 2.73. The Balaban J connectivity index is 1.88. The normalized spacial score (nSPS) is 28.5. The van der Waals surface area contributed by atoms with Crippen LogP contribution in [0.5, 0.6) is 0 Å². The van der Waals surface area contributed by atoms with Gasteiger partial charge in [0.2, 0.25) is 0 Å². The summed E-state index contributed by atoms with van der Waals surface area (Å²) in [4.78, 5) is 4.27. The van der Waals surface area contributed by atoms with Crippen molar-refractivity contribution in [2.24, 2.45) is 0 Å². The topological polar surface area (TPSA) is 3.24 Å². The number of hydrogen-bond donors (Lipinski definition) is 0. The Bertz CT molecular complexity index is 388. The van der Waals surface area contributed by atoms with E-state index in [0.717, 1.165) is 12.0 Å². The molecule has 0 aliphatic carbocycles. The van der Waals surface area contributed by atoms with Gasteiger partial charge in [0.25, 0.3) is 0 Å². The molecule has 0 unspecified atom stereocenters.